The van der Waals surface area contributed by atoms with E-state index in [2.05, 4.69) is 5.32 Å². The van der Waals surface area contributed by atoms with E-state index in [0.29, 0.717) is 0 Å². The monoisotopic (exact) mass is 406 g/mol. The number of hydrogen-bond donors (Lipinski definition) is 8. The van der Waals surface area contributed by atoms with Crippen molar-refractivity contribution in [1.82, 2.24) is 16.0 Å². The summed E-state index contributed by atoms with van der Waals surface area (Å²) in [5.41, 5.74) is 5.63. The molecule has 0 radical (unpaired) electrons. The Hall–Kier alpha value is -2.77. The van der Waals surface area contributed by atoms with Gasteiger partial charge >= 0.3 is 11.9 Å². The van der Waals surface area contributed by atoms with Crippen LogP contribution in [0, 0.1) is 5.92 Å². The number of carbonyl (C=O) groups is 5. The number of aliphatic carboxylic acids is 2. The minimum absolute atomic E-state index is 0.249. The number of amides is 3. The normalized spacial score (nSPS) is 15.1. The van der Waals surface area contributed by atoms with Crippen LogP contribution >= 0.6 is 0 Å². The molecule has 28 heavy (non-hydrogen) atoms. The predicted molar refractivity (Wildman–Crippen MR) is 92.7 cm³/mol. The zero-order valence-electron chi connectivity index (χ0n) is 15.4. The fourth-order valence-corrected chi connectivity index (χ4v) is 1.88. The lowest BCUT2D eigenvalue weighted by Crippen LogP contribution is -2.59. The van der Waals surface area contributed by atoms with Gasteiger partial charge in [-0.05, 0) is 5.92 Å². The molecule has 13 nitrogen and oxygen atoms in total. The van der Waals surface area contributed by atoms with E-state index in [0.717, 1.165) is 0 Å². The summed E-state index contributed by atoms with van der Waals surface area (Å²) in [7, 11) is 0. The third kappa shape index (κ3) is 8.28. The van der Waals surface area contributed by atoms with Crippen molar-refractivity contribution < 1.29 is 44.4 Å². The maximum atomic E-state index is 12.1. The van der Waals surface area contributed by atoms with Crippen molar-refractivity contribution in [3.63, 3.8) is 0 Å². The molecule has 9 N–H and O–H groups in total. The van der Waals surface area contributed by atoms with Gasteiger partial charge in [0.15, 0.2) is 0 Å². The topological polar surface area (TPSA) is 228 Å². The van der Waals surface area contributed by atoms with Gasteiger partial charge in [-0.15, -0.1) is 0 Å². The Morgan fingerprint density at radius 1 is 0.786 bits per heavy atom. The van der Waals surface area contributed by atoms with Crippen LogP contribution in [0.3, 0.4) is 0 Å². The van der Waals surface area contributed by atoms with Crippen LogP contribution in [0.5, 0.6) is 0 Å². The number of aliphatic hydroxyl groups is 2. The van der Waals surface area contributed by atoms with Crippen LogP contribution in [0.4, 0.5) is 0 Å². The van der Waals surface area contributed by atoms with Crippen molar-refractivity contribution in [2.24, 2.45) is 11.7 Å². The van der Waals surface area contributed by atoms with Crippen LogP contribution in [-0.4, -0.2) is 87.5 Å². The molecular formula is C15H26N4O9. The number of nitrogens with two attached hydrogens (primary N) is 1. The lowest BCUT2D eigenvalue weighted by molar-refractivity contribution is -0.147. The first-order valence-corrected chi connectivity index (χ1v) is 8.27. The second-order valence-electron chi connectivity index (χ2n) is 6.25. The van der Waals surface area contributed by atoms with Gasteiger partial charge in [-0.1, -0.05) is 13.8 Å². The van der Waals surface area contributed by atoms with E-state index in [1.54, 1.807) is 13.8 Å². The van der Waals surface area contributed by atoms with Crippen LogP contribution < -0.4 is 21.7 Å². The molecule has 13 heteroatoms. The average Bonchev–Trinajstić information content (AvgIpc) is 2.61. The van der Waals surface area contributed by atoms with Crippen LogP contribution in [0.1, 0.15) is 20.3 Å². The van der Waals surface area contributed by atoms with Crippen LogP contribution in [0.2, 0.25) is 0 Å². The molecule has 0 fully saturated rings. The molecule has 0 saturated carbocycles. The van der Waals surface area contributed by atoms with Gasteiger partial charge in [-0.3, -0.25) is 19.2 Å². The number of carboxylic acid groups (broad SMARTS) is 2. The smallest absolute Gasteiger partial charge is 0.326 e. The quantitative estimate of drug-likeness (QED) is 0.156. The number of rotatable bonds is 12. The summed E-state index contributed by atoms with van der Waals surface area (Å²) < 4.78 is 0. The average molecular weight is 406 g/mol. The largest absolute Gasteiger partial charge is 0.481 e. The number of aliphatic hydroxyl groups excluding tert-OH is 2. The number of nitrogens with one attached hydrogen (secondary N) is 3. The van der Waals surface area contributed by atoms with Crippen molar-refractivity contribution in [3.8, 4) is 0 Å². The Morgan fingerprint density at radius 2 is 1.18 bits per heavy atom. The minimum atomic E-state index is -1.78. The second-order valence-corrected chi connectivity index (χ2v) is 6.25. The van der Waals surface area contributed by atoms with E-state index in [-0.39, 0.29) is 5.92 Å². The molecule has 0 heterocycles. The molecule has 0 aliphatic carbocycles. The van der Waals surface area contributed by atoms with E-state index < -0.39 is 73.5 Å². The van der Waals surface area contributed by atoms with E-state index >= 15 is 0 Å². The molecule has 0 spiro atoms. The summed E-state index contributed by atoms with van der Waals surface area (Å²) in [6.07, 6.45) is -0.921. The van der Waals surface area contributed by atoms with E-state index in [1.165, 1.54) is 0 Å². The molecule has 4 unspecified atom stereocenters. The highest BCUT2D eigenvalue weighted by Gasteiger charge is 2.30. The van der Waals surface area contributed by atoms with E-state index in [9.17, 15) is 34.2 Å². The van der Waals surface area contributed by atoms with Crippen molar-refractivity contribution in [2.75, 3.05) is 13.2 Å². The molecule has 4 atom stereocenters. The third-order valence-electron chi connectivity index (χ3n) is 3.65. The van der Waals surface area contributed by atoms with Crippen molar-refractivity contribution >= 4 is 29.7 Å². The van der Waals surface area contributed by atoms with Gasteiger partial charge in [0, 0.05) is 0 Å². The molecule has 0 saturated heterocycles. The van der Waals surface area contributed by atoms with Crippen LogP contribution in [0.15, 0.2) is 0 Å². The molecule has 0 rings (SSSR count). The Bertz CT molecular complexity index is 596. The van der Waals surface area contributed by atoms with Gasteiger partial charge in [0.2, 0.25) is 17.7 Å². The molecule has 0 aromatic heterocycles. The zero-order valence-corrected chi connectivity index (χ0v) is 15.4. The summed E-state index contributed by atoms with van der Waals surface area (Å²) in [6, 6.07) is -5.86. The third-order valence-corrected chi connectivity index (χ3v) is 3.65. The summed E-state index contributed by atoms with van der Waals surface area (Å²) in [6.45, 7) is 1.55. The maximum absolute atomic E-state index is 12.1. The summed E-state index contributed by atoms with van der Waals surface area (Å²) >= 11 is 0. The standard InChI is InChI=1S/C15H26N4O9/c1-6(2)11(16)14(26)19-9(5-21)13(25)18-8(4-20)12(24)17-7(15(27)28)3-10(22)23/h6-9,11,20-21H,3-5,16H2,1-2H3,(H,17,24)(H,18,25)(H,19,26)(H,22,23)(H,27,28). The number of hydrogen-bond acceptors (Lipinski definition) is 8. The van der Waals surface area contributed by atoms with Gasteiger partial charge in [0.1, 0.15) is 18.1 Å². The van der Waals surface area contributed by atoms with Gasteiger partial charge in [0.05, 0.1) is 25.7 Å². The summed E-state index contributed by atoms with van der Waals surface area (Å²) in [4.78, 5) is 57.7. The molecule has 0 aliphatic rings. The Labute approximate surface area is 160 Å². The first-order chi connectivity index (χ1) is 12.9. The number of carbonyl (C=O) groups excluding carboxylic acids is 3. The van der Waals surface area contributed by atoms with E-state index in [4.69, 9.17) is 15.9 Å². The highest BCUT2D eigenvalue weighted by atomic mass is 16.4. The summed E-state index contributed by atoms with van der Waals surface area (Å²) in [5.74, 6) is -6.27. The fraction of sp³-hybridized carbons (Fsp3) is 0.667. The molecule has 0 aliphatic heterocycles. The fourth-order valence-electron chi connectivity index (χ4n) is 1.88. The first-order valence-electron chi connectivity index (χ1n) is 8.27. The van der Waals surface area contributed by atoms with Gasteiger partial charge in [-0.25, -0.2) is 4.79 Å². The van der Waals surface area contributed by atoms with Gasteiger partial charge in [0.25, 0.3) is 0 Å². The second kappa shape index (κ2) is 11.8. The van der Waals surface area contributed by atoms with Crippen LogP contribution in [0.25, 0.3) is 0 Å². The van der Waals surface area contributed by atoms with Crippen LogP contribution in [-0.2, 0) is 24.0 Å². The molecule has 0 aromatic rings. The lowest BCUT2D eigenvalue weighted by atomic mass is 10.0. The van der Waals surface area contributed by atoms with E-state index in [1.807, 2.05) is 10.6 Å². The molecule has 160 valence electrons. The van der Waals surface area contributed by atoms with Crippen molar-refractivity contribution in [3.05, 3.63) is 0 Å². The Kier molecular flexibility index (Phi) is 10.7. The Morgan fingerprint density at radius 3 is 1.50 bits per heavy atom. The SMILES string of the molecule is CC(C)C(N)C(=O)NC(CO)C(=O)NC(CO)C(=O)NC(CC(=O)O)C(=O)O. The molecule has 0 aromatic carbocycles. The highest BCUT2D eigenvalue weighted by molar-refractivity contribution is 5.94. The van der Waals surface area contributed by atoms with Crippen molar-refractivity contribution in [1.29, 1.82) is 0 Å². The minimum Gasteiger partial charge on any atom is -0.481 e. The summed E-state index contributed by atoms with van der Waals surface area (Å²) in [5, 5.41) is 42.2. The molecule has 0 bridgehead atoms. The number of carboxylic acids is 2. The maximum Gasteiger partial charge on any atom is 0.326 e. The first kappa shape index (κ1) is 25.2. The molecular weight excluding hydrogens is 380 g/mol. The highest BCUT2D eigenvalue weighted by Crippen LogP contribution is 2.00. The van der Waals surface area contributed by atoms with Crippen molar-refractivity contribution in [2.45, 2.75) is 44.4 Å². The lowest BCUT2D eigenvalue weighted by Gasteiger charge is -2.23. The predicted octanol–water partition coefficient (Wildman–Crippen LogP) is -4.03. The Balaban J connectivity index is 5.02. The van der Waals surface area contributed by atoms with Gasteiger partial charge < -0.3 is 42.1 Å². The van der Waals surface area contributed by atoms with Gasteiger partial charge in [-0.2, -0.15) is 0 Å². The molecule has 3 amide bonds. The zero-order chi connectivity index (χ0) is 22.0.